The first-order chi connectivity index (χ1) is 15.0. The van der Waals surface area contributed by atoms with Crippen LogP contribution in [0.2, 0.25) is 0 Å². The van der Waals surface area contributed by atoms with Crippen molar-refractivity contribution in [3.63, 3.8) is 0 Å². The number of nitrogens with one attached hydrogen (secondary N) is 2. The minimum atomic E-state index is -0.0586. The molecule has 1 fully saturated rings. The van der Waals surface area contributed by atoms with E-state index in [1.165, 1.54) is 5.56 Å². The zero-order valence-electron chi connectivity index (χ0n) is 18.3. The highest BCUT2D eigenvalue weighted by atomic mass is 16.5. The van der Waals surface area contributed by atoms with E-state index in [-0.39, 0.29) is 11.8 Å². The number of rotatable bonds is 10. The first-order valence-electron chi connectivity index (χ1n) is 10.6. The summed E-state index contributed by atoms with van der Waals surface area (Å²) in [5.41, 5.74) is 2.34. The number of piperazine rings is 1. The third kappa shape index (κ3) is 7.46. The van der Waals surface area contributed by atoms with Gasteiger partial charge >= 0.3 is 0 Å². The molecular formula is C22H32N6O3. The second kappa shape index (κ2) is 11.6. The molecule has 1 saturated heterocycles. The minimum absolute atomic E-state index is 0.00474. The average molecular weight is 429 g/mol. The van der Waals surface area contributed by atoms with Gasteiger partial charge in [-0.15, -0.1) is 0 Å². The van der Waals surface area contributed by atoms with Gasteiger partial charge in [0, 0.05) is 45.9 Å². The maximum absolute atomic E-state index is 12.6. The third-order valence-electron chi connectivity index (χ3n) is 5.23. The molecule has 1 aromatic heterocycles. The molecule has 2 aromatic rings. The van der Waals surface area contributed by atoms with Crippen LogP contribution in [0, 0.1) is 6.92 Å². The van der Waals surface area contributed by atoms with Crippen LogP contribution in [-0.4, -0.2) is 90.9 Å². The summed E-state index contributed by atoms with van der Waals surface area (Å²) in [6, 6.07) is 10.1. The molecule has 0 saturated carbocycles. The molecule has 0 spiro atoms. The monoisotopic (exact) mass is 428 g/mol. The van der Waals surface area contributed by atoms with Crippen molar-refractivity contribution in [2.75, 3.05) is 64.8 Å². The zero-order chi connectivity index (χ0) is 22.1. The van der Waals surface area contributed by atoms with E-state index < -0.39 is 0 Å². The summed E-state index contributed by atoms with van der Waals surface area (Å²) >= 11 is 0. The molecule has 0 radical (unpaired) electrons. The van der Waals surface area contributed by atoms with Gasteiger partial charge in [-0.05, 0) is 12.5 Å². The number of amides is 2. The largest absolute Gasteiger partial charge is 0.383 e. The van der Waals surface area contributed by atoms with Crippen LogP contribution in [0.4, 0.5) is 5.82 Å². The lowest BCUT2D eigenvalue weighted by molar-refractivity contribution is -0.123. The predicted molar refractivity (Wildman–Crippen MR) is 119 cm³/mol. The Labute approximate surface area is 183 Å². The molecule has 1 aliphatic rings. The van der Waals surface area contributed by atoms with Crippen molar-refractivity contribution in [1.82, 2.24) is 24.9 Å². The van der Waals surface area contributed by atoms with Gasteiger partial charge in [-0.25, -0.2) is 4.68 Å². The highest BCUT2D eigenvalue weighted by Gasteiger charge is 2.21. The molecule has 31 heavy (non-hydrogen) atoms. The van der Waals surface area contributed by atoms with E-state index >= 15 is 0 Å². The summed E-state index contributed by atoms with van der Waals surface area (Å²) in [6.45, 7) is 7.42. The van der Waals surface area contributed by atoms with Gasteiger partial charge in [-0.1, -0.05) is 29.8 Å². The van der Waals surface area contributed by atoms with Gasteiger partial charge in [0.1, 0.15) is 5.82 Å². The van der Waals surface area contributed by atoms with Gasteiger partial charge in [-0.3, -0.25) is 19.4 Å². The number of hydrogen-bond acceptors (Lipinski definition) is 6. The summed E-state index contributed by atoms with van der Waals surface area (Å²) in [7, 11) is 1.61. The second-order valence-corrected chi connectivity index (χ2v) is 7.81. The van der Waals surface area contributed by atoms with Crippen molar-refractivity contribution >= 4 is 17.6 Å². The number of methoxy groups -OCH3 is 1. The number of carbonyl (C=O) groups is 2. The summed E-state index contributed by atoms with van der Waals surface area (Å²) in [4.78, 5) is 28.7. The molecule has 9 nitrogen and oxygen atoms in total. The molecule has 168 valence electrons. The first kappa shape index (κ1) is 22.9. The Bertz CT molecular complexity index is 860. The van der Waals surface area contributed by atoms with Crippen molar-refractivity contribution < 1.29 is 14.3 Å². The van der Waals surface area contributed by atoms with Gasteiger partial charge in [0.25, 0.3) is 0 Å². The number of benzene rings is 1. The number of anilines is 1. The minimum Gasteiger partial charge on any atom is -0.383 e. The SMILES string of the molecule is COCCNC(=O)CN1CCN(CC(=O)Nc2ccnn2Cc2cccc(C)c2)CC1. The van der Waals surface area contributed by atoms with Crippen molar-refractivity contribution in [2.24, 2.45) is 0 Å². The summed E-state index contributed by atoms with van der Waals surface area (Å²) in [5, 5.41) is 10.1. The highest BCUT2D eigenvalue weighted by Crippen LogP contribution is 2.12. The third-order valence-corrected chi connectivity index (χ3v) is 5.23. The summed E-state index contributed by atoms with van der Waals surface area (Å²) in [6.07, 6.45) is 1.70. The quantitative estimate of drug-likeness (QED) is 0.538. The van der Waals surface area contributed by atoms with Crippen molar-refractivity contribution in [3.05, 3.63) is 47.7 Å². The number of ether oxygens (including phenoxy) is 1. The van der Waals surface area contributed by atoms with Crippen LogP contribution in [-0.2, 0) is 20.9 Å². The fraction of sp³-hybridized carbons (Fsp3) is 0.500. The number of nitrogens with zero attached hydrogens (tertiary/aromatic N) is 4. The van der Waals surface area contributed by atoms with Gasteiger partial charge in [-0.2, -0.15) is 5.10 Å². The zero-order valence-corrected chi connectivity index (χ0v) is 18.3. The Morgan fingerprint density at radius 1 is 1.06 bits per heavy atom. The van der Waals surface area contributed by atoms with Gasteiger partial charge < -0.3 is 15.4 Å². The Morgan fingerprint density at radius 2 is 1.77 bits per heavy atom. The molecule has 0 aliphatic carbocycles. The Kier molecular flexibility index (Phi) is 8.57. The van der Waals surface area contributed by atoms with Gasteiger partial charge in [0.2, 0.25) is 11.8 Å². The molecular weight excluding hydrogens is 396 g/mol. The maximum atomic E-state index is 12.6. The lowest BCUT2D eigenvalue weighted by atomic mass is 10.1. The van der Waals surface area contributed by atoms with Gasteiger partial charge in [0.15, 0.2) is 0 Å². The van der Waals surface area contributed by atoms with E-state index in [4.69, 9.17) is 4.74 Å². The standard InChI is InChI=1S/C22H32N6O3/c1-18-4-3-5-19(14-18)15-28-20(6-7-24-28)25-22(30)17-27-11-9-26(10-12-27)16-21(29)23-8-13-31-2/h3-7,14H,8-13,15-17H2,1-2H3,(H,23,29)(H,25,30). The lowest BCUT2D eigenvalue weighted by Crippen LogP contribution is -2.51. The van der Waals surface area contributed by atoms with Crippen molar-refractivity contribution in [2.45, 2.75) is 13.5 Å². The summed E-state index contributed by atoms with van der Waals surface area (Å²) < 4.78 is 6.73. The Hall–Kier alpha value is -2.75. The Morgan fingerprint density at radius 3 is 2.45 bits per heavy atom. The van der Waals surface area contributed by atoms with Crippen LogP contribution in [0.5, 0.6) is 0 Å². The molecule has 2 heterocycles. The average Bonchev–Trinajstić information content (AvgIpc) is 3.16. The van der Waals surface area contributed by atoms with Crippen LogP contribution in [0.15, 0.2) is 36.5 Å². The highest BCUT2D eigenvalue weighted by molar-refractivity contribution is 5.91. The van der Waals surface area contributed by atoms with E-state index in [0.717, 1.165) is 31.7 Å². The van der Waals surface area contributed by atoms with Crippen LogP contribution in [0.25, 0.3) is 0 Å². The smallest absolute Gasteiger partial charge is 0.239 e. The maximum Gasteiger partial charge on any atom is 0.239 e. The van der Waals surface area contributed by atoms with Gasteiger partial charge in [0.05, 0.1) is 32.4 Å². The molecule has 2 amide bonds. The molecule has 0 atom stereocenters. The fourth-order valence-electron chi connectivity index (χ4n) is 3.59. The number of carbonyl (C=O) groups excluding carboxylic acids is 2. The molecule has 1 aromatic carbocycles. The van der Waals surface area contributed by atoms with E-state index in [9.17, 15) is 9.59 Å². The van der Waals surface area contributed by atoms with Crippen LogP contribution >= 0.6 is 0 Å². The van der Waals surface area contributed by atoms with E-state index in [0.29, 0.717) is 38.6 Å². The van der Waals surface area contributed by atoms with Crippen molar-refractivity contribution in [3.8, 4) is 0 Å². The number of hydrogen-bond donors (Lipinski definition) is 2. The van der Waals surface area contributed by atoms with E-state index in [1.54, 1.807) is 18.0 Å². The summed E-state index contributed by atoms with van der Waals surface area (Å²) in [5.74, 6) is 0.639. The van der Waals surface area contributed by atoms with Crippen LogP contribution in [0.3, 0.4) is 0 Å². The molecule has 0 bridgehead atoms. The molecule has 2 N–H and O–H groups in total. The predicted octanol–water partition coefficient (Wildman–Crippen LogP) is 0.559. The number of aryl methyl sites for hydroxylation is 1. The van der Waals surface area contributed by atoms with E-state index in [1.807, 2.05) is 12.1 Å². The molecule has 0 unspecified atom stereocenters. The topological polar surface area (TPSA) is 91.7 Å². The fourth-order valence-corrected chi connectivity index (χ4v) is 3.59. The number of aromatic nitrogens is 2. The molecule has 1 aliphatic heterocycles. The van der Waals surface area contributed by atoms with Crippen molar-refractivity contribution in [1.29, 1.82) is 0 Å². The Balaban J connectivity index is 1.41. The molecule has 3 rings (SSSR count). The lowest BCUT2D eigenvalue weighted by Gasteiger charge is -2.33. The first-order valence-corrected chi connectivity index (χ1v) is 10.6. The van der Waals surface area contributed by atoms with Crippen LogP contribution in [0.1, 0.15) is 11.1 Å². The van der Waals surface area contributed by atoms with E-state index in [2.05, 4.69) is 50.7 Å². The normalized spacial score (nSPS) is 15.0. The second-order valence-electron chi connectivity index (χ2n) is 7.81. The van der Waals surface area contributed by atoms with Crippen LogP contribution < -0.4 is 10.6 Å². The molecule has 9 heteroatoms.